The van der Waals surface area contributed by atoms with Gasteiger partial charge in [0.25, 0.3) is 5.92 Å². The average Bonchev–Trinajstić information content (AvgIpc) is 2.46. The van der Waals surface area contributed by atoms with Gasteiger partial charge in [-0.1, -0.05) is 44.2 Å². The van der Waals surface area contributed by atoms with Crippen molar-refractivity contribution in [1.82, 2.24) is 0 Å². The van der Waals surface area contributed by atoms with E-state index in [0.29, 0.717) is 5.71 Å². The average molecular weight is 309 g/mol. The highest BCUT2D eigenvalue weighted by atomic mass is 19.3. The van der Waals surface area contributed by atoms with Crippen molar-refractivity contribution in [3.05, 3.63) is 47.2 Å². The van der Waals surface area contributed by atoms with Crippen molar-refractivity contribution in [2.75, 3.05) is 0 Å². The number of hydrogen-bond donors (Lipinski definition) is 1. The Kier molecular flexibility index (Phi) is 6.42. The highest BCUT2D eigenvalue weighted by Crippen LogP contribution is 2.27. The Morgan fingerprint density at radius 3 is 2.18 bits per heavy atom. The van der Waals surface area contributed by atoms with Crippen molar-refractivity contribution in [2.24, 2.45) is 10.9 Å². The summed E-state index contributed by atoms with van der Waals surface area (Å²) >= 11 is 0. The maximum atomic E-state index is 13.6. The molecule has 0 spiro atoms. The Morgan fingerprint density at radius 2 is 1.82 bits per heavy atom. The van der Waals surface area contributed by atoms with Gasteiger partial charge in [-0.25, -0.2) is 0 Å². The van der Waals surface area contributed by atoms with Crippen LogP contribution in [-0.4, -0.2) is 16.7 Å². The lowest BCUT2D eigenvalue weighted by Gasteiger charge is -2.18. The summed E-state index contributed by atoms with van der Waals surface area (Å²) in [6.07, 6.45) is 1.61. The minimum atomic E-state index is -2.97. The van der Waals surface area contributed by atoms with Crippen LogP contribution in [0, 0.1) is 5.92 Å². The van der Waals surface area contributed by atoms with E-state index in [1.54, 1.807) is 26.0 Å². The predicted molar refractivity (Wildman–Crippen MR) is 87.4 cm³/mol. The SMILES string of the molecule is C/C=C(\N=C(c1ccc(C(C)O)cc1)C(C)CC)C(C)(F)F. The summed E-state index contributed by atoms with van der Waals surface area (Å²) in [5.41, 5.74) is 2.03. The number of benzene rings is 1. The van der Waals surface area contributed by atoms with Gasteiger partial charge in [0.05, 0.1) is 11.8 Å². The van der Waals surface area contributed by atoms with Crippen LogP contribution in [0.2, 0.25) is 0 Å². The Bertz CT molecular complexity index is 539. The molecular weight excluding hydrogens is 284 g/mol. The predicted octanol–water partition coefficient (Wildman–Crippen LogP) is 5.13. The fourth-order valence-electron chi connectivity index (χ4n) is 2.13. The lowest BCUT2D eigenvalue weighted by atomic mass is 9.94. The minimum absolute atomic E-state index is 0.0645. The second kappa shape index (κ2) is 7.63. The van der Waals surface area contributed by atoms with Crippen LogP contribution in [-0.2, 0) is 0 Å². The Labute approximate surface area is 131 Å². The molecule has 1 N–H and O–H groups in total. The molecule has 0 bridgehead atoms. The van der Waals surface area contributed by atoms with Gasteiger partial charge in [-0.15, -0.1) is 0 Å². The molecule has 0 saturated heterocycles. The maximum Gasteiger partial charge on any atom is 0.286 e. The largest absolute Gasteiger partial charge is 0.389 e. The van der Waals surface area contributed by atoms with E-state index in [2.05, 4.69) is 4.99 Å². The van der Waals surface area contributed by atoms with Crippen LogP contribution in [0.15, 0.2) is 41.0 Å². The van der Waals surface area contributed by atoms with E-state index in [1.807, 2.05) is 26.0 Å². The van der Waals surface area contributed by atoms with Crippen LogP contribution in [0.3, 0.4) is 0 Å². The molecule has 2 nitrogen and oxygen atoms in total. The molecule has 0 amide bonds. The second-order valence-electron chi connectivity index (χ2n) is 5.67. The normalized spacial score (nSPS) is 16.5. The monoisotopic (exact) mass is 309 g/mol. The first-order valence-corrected chi connectivity index (χ1v) is 7.62. The van der Waals surface area contributed by atoms with E-state index in [0.717, 1.165) is 24.5 Å². The number of aliphatic hydroxyl groups is 1. The molecule has 0 radical (unpaired) electrons. The summed E-state index contributed by atoms with van der Waals surface area (Å²) in [5, 5.41) is 9.56. The zero-order valence-electron chi connectivity index (χ0n) is 13.9. The van der Waals surface area contributed by atoms with Crippen molar-refractivity contribution in [2.45, 2.75) is 53.1 Å². The Balaban J connectivity index is 3.29. The lowest BCUT2D eigenvalue weighted by molar-refractivity contribution is 0.0619. The summed E-state index contributed by atoms with van der Waals surface area (Å²) in [6.45, 7) is 8.10. The third-order valence-electron chi connectivity index (χ3n) is 3.73. The molecule has 1 aromatic carbocycles. The molecule has 0 saturated carbocycles. The summed E-state index contributed by atoms with van der Waals surface area (Å²) in [6, 6.07) is 7.26. The van der Waals surface area contributed by atoms with Gasteiger partial charge in [0.1, 0.15) is 5.70 Å². The van der Waals surface area contributed by atoms with Gasteiger partial charge in [-0.05, 0) is 37.3 Å². The quantitative estimate of drug-likeness (QED) is 0.726. The Morgan fingerprint density at radius 1 is 1.27 bits per heavy atom. The van der Waals surface area contributed by atoms with Crippen LogP contribution in [0.25, 0.3) is 0 Å². The van der Waals surface area contributed by atoms with Crippen LogP contribution in [0.5, 0.6) is 0 Å². The number of allylic oxidation sites excluding steroid dienone is 2. The van der Waals surface area contributed by atoms with E-state index >= 15 is 0 Å². The van der Waals surface area contributed by atoms with E-state index in [4.69, 9.17) is 0 Å². The van der Waals surface area contributed by atoms with E-state index in [9.17, 15) is 13.9 Å². The summed E-state index contributed by atoms with van der Waals surface area (Å²) in [7, 11) is 0. The van der Waals surface area contributed by atoms with Gasteiger partial charge >= 0.3 is 0 Å². The molecule has 0 aromatic heterocycles. The van der Waals surface area contributed by atoms with Crippen molar-refractivity contribution in [1.29, 1.82) is 0 Å². The number of aliphatic hydroxyl groups excluding tert-OH is 1. The molecule has 2 unspecified atom stereocenters. The summed E-state index contributed by atoms with van der Waals surface area (Å²) < 4.78 is 27.2. The molecule has 0 aliphatic heterocycles. The molecule has 22 heavy (non-hydrogen) atoms. The zero-order chi connectivity index (χ0) is 16.9. The fourth-order valence-corrected chi connectivity index (χ4v) is 2.13. The second-order valence-corrected chi connectivity index (χ2v) is 5.67. The number of aliphatic imine (C=N–C) groups is 1. The summed E-state index contributed by atoms with van der Waals surface area (Å²) in [4.78, 5) is 4.25. The molecule has 122 valence electrons. The van der Waals surface area contributed by atoms with Crippen molar-refractivity contribution < 1.29 is 13.9 Å². The first kappa shape index (κ1) is 18.5. The van der Waals surface area contributed by atoms with Gasteiger partial charge in [-0.3, -0.25) is 4.99 Å². The number of nitrogens with zero attached hydrogens (tertiary/aromatic N) is 1. The van der Waals surface area contributed by atoms with Crippen LogP contribution < -0.4 is 0 Å². The van der Waals surface area contributed by atoms with E-state index < -0.39 is 12.0 Å². The molecule has 1 rings (SSSR count). The Hall–Kier alpha value is -1.55. The molecule has 4 heteroatoms. The van der Waals surface area contributed by atoms with Gasteiger partial charge < -0.3 is 5.11 Å². The fraction of sp³-hybridized carbons (Fsp3) is 0.500. The van der Waals surface area contributed by atoms with Crippen molar-refractivity contribution >= 4 is 5.71 Å². The topological polar surface area (TPSA) is 32.6 Å². The third kappa shape index (κ3) is 4.73. The molecule has 2 atom stereocenters. The minimum Gasteiger partial charge on any atom is -0.389 e. The standard InChI is InChI=1S/C18H25F2NO/c1-6-12(3)17(21-16(7-2)18(5,19)20)15-10-8-14(9-11-15)13(4)22/h7-13,22H,6H2,1-5H3/b16-7-,21-17?. The van der Waals surface area contributed by atoms with Crippen LogP contribution in [0.4, 0.5) is 8.78 Å². The van der Waals surface area contributed by atoms with Gasteiger partial charge in [-0.2, -0.15) is 8.78 Å². The van der Waals surface area contributed by atoms with Crippen molar-refractivity contribution in [3.63, 3.8) is 0 Å². The number of alkyl halides is 2. The highest BCUT2D eigenvalue weighted by molar-refractivity contribution is 6.02. The molecule has 0 heterocycles. The number of hydrogen-bond acceptors (Lipinski definition) is 2. The van der Waals surface area contributed by atoms with Gasteiger partial charge in [0, 0.05) is 6.92 Å². The number of rotatable bonds is 6. The van der Waals surface area contributed by atoms with Crippen molar-refractivity contribution in [3.8, 4) is 0 Å². The number of halogens is 2. The van der Waals surface area contributed by atoms with Gasteiger partial charge in [0.2, 0.25) is 0 Å². The highest BCUT2D eigenvalue weighted by Gasteiger charge is 2.28. The van der Waals surface area contributed by atoms with E-state index in [-0.39, 0.29) is 11.6 Å². The molecule has 0 aliphatic carbocycles. The molecule has 1 aromatic rings. The maximum absolute atomic E-state index is 13.6. The lowest BCUT2D eigenvalue weighted by Crippen LogP contribution is -2.18. The molecule has 0 aliphatic rings. The van der Waals surface area contributed by atoms with Crippen LogP contribution in [0.1, 0.15) is 58.3 Å². The molecular formula is C18H25F2NO. The summed E-state index contributed by atoms with van der Waals surface area (Å²) in [5.74, 6) is -2.90. The first-order chi connectivity index (χ1) is 10.2. The van der Waals surface area contributed by atoms with Crippen LogP contribution >= 0.6 is 0 Å². The first-order valence-electron chi connectivity index (χ1n) is 7.62. The zero-order valence-corrected chi connectivity index (χ0v) is 13.9. The van der Waals surface area contributed by atoms with E-state index in [1.165, 1.54) is 6.08 Å². The smallest absolute Gasteiger partial charge is 0.286 e. The van der Waals surface area contributed by atoms with Gasteiger partial charge in [0.15, 0.2) is 0 Å². The third-order valence-corrected chi connectivity index (χ3v) is 3.73. The molecule has 0 fully saturated rings.